The minimum absolute atomic E-state index is 0.167. The number of halogens is 1. The van der Waals surface area contributed by atoms with Crippen molar-refractivity contribution in [2.24, 2.45) is 0 Å². The summed E-state index contributed by atoms with van der Waals surface area (Å²) >= 11 is 5.71. The molecule has 0 saturated carbocycles. The Morgan fingerprint density at radius 1 is 1.38 bits per heavy atom. The van der Waals surface area contributed by atoms with Crippen LogP contribution in [0, 0.1) is 0 Å². The van der Waals surface area contributed by atoms with E-state index in [4.69, 9.17) is 16.3 Å². The van der Waals surface area contributed by atoms with E-state index in [-0.39, 0.29) is 16.3 Å². The van der Waals surface area contributed by atoms with Crippen molar-refractivity contribution in [3.8, 4) is 5.75 Å². The highest BCUT2D eigenvalue weighted by Crippen LogP contribution is 2.22. The molecule has 0 aliphatic heterocycles. The molecule has 3 N–H and O–H groups in total. The van der Waals surface area contributed by atoms with Gasteiger partial charge in [-0.25, -0.2) is 9.59 Å². The van der Waals surface area contributed by atoms with E-state index < -0.39 is 24.0 Å². The summed E-state index contributed by atoms with van der Waals surface area (Å²) in [5.41, 5.74) is -0.167. The molecule has 1 rings (SSSR count). The molecule has 0 spiro atoms. The van der Waals surface area contributed by atoms with Gasteiger partial charge in [-0.05, 0) is 32.0 Å². The number of nitrogens with one attached hydrogen (secondary N) is 2. The van der Waals surface area contributed by atoms with E-state index in [1.807, 2.05) is 5.32 Å². The second-order valence-electron chi connectivity index (χ2n) is 4.06. The number of benzene rings is 1. The van der Waals surface area contributed by atoms with Gasteiger partial charge in [0.15, 0.2) is 6.10 Å². The topological polar surface area (TPSA) is 105 Å². The average Bonchev–Trinajstić information content (AvgIpc) is 2.41. The number of hydrogen-bond donors (Lipinski definition) is 3. The van der Waals surface area contributed by atoms with Crippen molar-refractivity contribution in [1.29, 1.82) is 0 Å². The van der Waals surface area contributed by atoms with Crippen LogP contribution in [0.3, 0.4) is 0 Å². The van der Waals surface area contributed by atoms with Crippen molar-refractivity contribution in [1.82, 2.24) is 10.6 Å². The highest BCUT2D eigenvalue weighted by Gasteiger charge is 2.22. The van der Waals surface area contributed by atoms with Crippen LogP contribution in [-0.4, -0.2) is 35.7 Å². The van der Waals surface area contributed by atoms with E-state index in [0.717, 1.165) is 0 Å². The van der Waals surface area contributed by atoms with Gasteiger partial charge in [-0.3, -0.25) is 10.1 Å². The SMILES string of the molecule is CCNC(=O)NC(=O)C(C)OC(=O)c1cc(Cl)ccc1O. The van der Waals surface area contributed by atoms with Crippen LogP contribution in [-0.2, 0) is 9.53 Å². The van der Waals surface area contributed by atoms with Gasteiger partial charge in [-0.2, -0.15) is 0 Å². The zero-order chi connectivity index (χ0) is 16.0. The molecular formula is C13H15ClN2O5. The van der Waals surface area contributed by atoms with Crippen LogP contribution in [0.1, 0.15) is 24.2 Å². The largest absolute Gasteiger partial charge is 0.507 e. The molecule has 3 amide bonds. The maximum atomic E-state index is 11.8. The number of carbonyl (C=O) groups is 3. The quantitative estimate of drug-likeness (QED) is 0.729. The zero-order valence-electron chi connectivity index (χ0n) is 11.5. The average molecular weight is 315 g/mol. The number of urea groups is 1. The fourth-order valence-electron chi connectivity index (χ4n) is 1.37. The first kappa shape index (κ1) is 16.8. The Hall–Kier alpha value is -2.28. The molecule has 1 aromatic rings. The van der Waals surface area contributed by atoms with Crippen LogP contribution >= 0.6 is 11.6 Å². The number of carbonyl (C=O) groups excluding carboxylic acids is 3. The highest BCUT2D eigenvalue weighted by molar-refractivity contribution is 6.31. The second-order valence-corrected chi connectivity index (χ2v) is 4.49. The van der Waals surface area contributed by atoms with Crippen molar-refractivity contribution in [3.63, 3.8) is 0 Å². The zero-order valence-corrected chi connectivity index (χ0v) is 12.2. The molecule has 0 aliphatic carbocycles. The standard InChI is InChI=1S/C13H15ClN2O5/c1-3-15-13(20)16-11(18)7(2)21-12(19)9-6-8(14)4-5-10(9)17/h4-7,17H,3H2,1-2H3,(H2,15,16,18,20). The Balaban J connectivity index is 2.67. The van der Waals surface area contributed by atoms with E-state index in [0.29, 0.717) is 6.54 Å². The number of esters is 1. The lowest BCUT2D eigenvalue weighted by Crippen LogP contribution is -2.44. The van der Waals surface area contributed by atoms with Gasteiger partial charge in [0.05, 0.1) is 0 Å². The van der Waals surface area contributed by atoms with Crippen LogP contribution < -0.4 is 10.6 Å². The summed E-state index contributed by atoms with van der Waals surface area (Å²) in [6, 6.07) is 3.17. The first-order valence-electron chi connectivity index (χ1n) is 6.13. The molecule has 0 bridgehead atoms. The summed E-state index contributed by atoms with van der Waals surface area (Å²) in [7, 11) is 0. The van der Waals surface area contributed by atoms with Gasteiger partial charge in [-0.1, -0.05) is 11.6 Å². The van der Waals surface area contributed by atoms with Crippen molar-refractivity contribution < 1.29 is 24.2 Å². The first-order valence-corrected chi connectivity index (χ1v) is 6.51. The minimum Gasteiger partial charge on any atom is -0.507 e. The van der Waals surface area contributed by atoms with Gasteiger partial charge in [0.1, 0.15) is 11.3 Å². The normalized spacial score (nSPS) is 11.4. The number of rotatable bonds is 4. The van der Waals surface area contributed by atoms with Gasteiger partial charge in [0.25, 0.3) is 5.91 Å². The van der Waals surface area contributed by atoms with Gasteiger partial charge in [0.2, 0.25) is 0 Å². The Morgan fingerprint density at radius 2 is 2.05 bits per heavy atom. The molecule has 1 atom stereocenters. The first-order chi connectivity index (χ1) is 9.85. The number of phenols is 1. The molecule has 0 saturated heterocycles. The lowest BCUT2D eigenvalue weighted by Gasteiger charge is -2.13. The monoisotopic (exact) mass is 314 g/mol. The molecule has 8 heteroatoms. The van der Waals surface area contributed by atoms with E-state index in [9.17, 15) is 19.5 Å². The predicted octanol–water partition coefficient (Wildman–Crippen LogP) is 1.44. The fraction of sp³-hybridized carbons (Fsp3) is 0.308. The number of aromatic hydroxyl groups is 1. The molecule has 7 nitrogen and oxygen atoms in total. The molecule has 0 aromatic heterocycles. The van der Waals surface area contributed by atoms with Crippen LogP contribution in [0.25, 0.3) is 0 Å². The Bertz CT molecular complexity index is 561. The molecular weight excluding hydrogens is 300 g/mol. The molecule has 1 aromatic carbocycles. The van der Waals surface area contributed by atoms with Crippen molar-refractivity contribution in [2.45, 2.75) is 20.0 Å². The van der Waals surface area contributed by atoms with Crippen molar-refractivity contribution in [2.75, 3.05) is 6.54 Å². The summed E-state index contributed by atoms with van der Waals surface area (Å²) in [6.07, 6.45) is -1.21. The minimum atomic E-state index is -1.21. The number of hydrogen-bond acceptors (Lipinski definition) is 5. The number of phenolic OH excluding ortho intramolecular Hbond substituents is 1. The third kappa shape index (κ3) is 4.96. The molecule has 0 aliphatic rings. The molecule has 0 radical (unpaired) electrons. The lowest BCUT2D eigenvalue weighted by molar-refractivity contribution is -0.127. The Labute approximate surface area is 126 Å². The third-order valence-corrected chi connectivity index (χ3v) is 2.64. The van der Waals surface area contributed by atoms with E-state index >= 15 is 0 Å². The predicted molar refractivity (Wildman–Crippen MR) is 75.2 cm³/mol. The van der Waals surface area contributed by atoms with Crippen LogP contribution in [0.4, 0.5) is 4.79 Å². The molecule has 114 valence electrons. The number of imide groups is 1. The maximum Gasteiger partial charge on any atom is 0.342 e. The highest BCUT2D eigenvalue weighted by atomic mass is 35.5. The van der Waals surface area contributed by atoms with E-state index in [2.05, 4.69) is 5.32 Å². The summed E-state index contributed by atoms with van der Waals surface area (Å²) in [4.78, 5) is 34.6. The van der Waals surface area contributed by atoms with Gasteiger partial charge in [0, 0.05) is 11.6 Å². The fourth-order valence-corrected chi connectivity index (χ4v) is 1.54. The van der Waals surface area contributed by atoms with Crippen LogP contribution in [0.5, 0.6) is 5.75 Å². The van der Waals surface area contributed by atoms with Gasteiger partial charge >= 0.3 is 12.0 Å². The number of amides is 3. The Morgan fingerprint density at radius 3 is 2.67 bits per heavy atom. The Kier molecular flexibility index (Phi) is 5.98. The van der Waals surface area contributed by atoms with E-state index in [1.54, 1.807) is 6.92 Å². The maximum absolute atomic E-state index is 11.8. The van der Waals surface area contributed by atoms with E-state index in [1.165, 1.54) is 25.1 Å². The lowest BCUT2D eigenvalue weighted by atomic mass is 10.2. The van der Waals surface area contributed by atoms with Crippen molar-refractivity contribution in [3.05, 3.63) is 28.8 Å². The summed E-state index contributed by atoms with van der Waals surface area (Å²) < 4.78 is 4.86. The summed E-state index contributed by atoms with van der Waals surface area (Å²) in [5, 5.41) is 14.2. The smallest absolute Gasteiger partial charge is 0.342 e. The summed E-state index contributed by atoms with van der Waals surface area (Å²) in [6.45, 7) is 3.34. The molecule has 1 unspecified atom stereocenters. The van der Waals surface area contributed by atoms with Crippen LogP contribution in [0.2, 0.25) is 5.02 Å². The van der Waals surface area contributed by atoms with Gasteiger partial charge < -0.3 is 15.2 Å². The number of ether oxygens (including phenoxy) is 1. The van der Waals surface area contributed by atoms with Gasteiger partial charge in [-0.15, -0.1) is 0 Å². The van der Waals surface area contributed by atoms with Crippen LogP contribution in [0.15, 0.2) is 18.2 Å². The molecule has 21 heavy (non-hydrogen) atoms. The molecule has 0 fully saturated rings. The third-order valence-electron chi connectivity index (χ3n) is 2.41. The van der Waals surface area contributed by atoms with Crippen molar-refractivity contribution >= 4 is 29.5 Å². The second kappa shape index (κ2) is 7.49. The summed E-state index contributed by atoms with van der Waals surface area (Å²) in [5.74, 6) is -2.02. The molecule has 0 heterocycles.